The van der Waals surface area contributed by atoms with Crippen molar-refractivity contribution in [1.82, 2.24) is 25.2 Å². The Labute approximate surface area is 189 Å². The van der Waals surface area contributed by atoms with Crippen LogP contribution in [0, 0.1) is 11.3 Å². The van der Waals surface area contributed by atoms with Crippen molar-refractivity contribution in [2.24, 2.45) is 11.3 Å². The maximum Gasteiger partial charge on any atom is 0.248 e. The van der Waals surface area contributed by atoms with E-state index in [0.717, 1.165) is 30.9 Å². The number of aliphatic hydroxyl groups excluding tert-OH is 2. The summed E-state index contributed by atoms with van der Waals surface area (Å²) in [6, 6.07) is -1.39. The van der Waals surface area contributed by atoms with Gasteiger partial charge in [0.25, 0.3) is 0 Å². The molecule has 2 amide bonds. The largest absolute Gasteiger partial charge is 0.391 e. The quantitative estimate of drug-likeness (QED) is 0.526. The summed E-state index contributed by atoms with van der Waals surface area (Å²) in [4.78, 5) is 28.1. The van der Waals surface area contributed by atoms with Crippen LogP contribution in [0.2, 0.25) is 0 Å². The summed E-state index contributed by atoms with van der Waals surface area (Å²) in [6.07, 6.45) is 7.01. The molecule has 32 heavy (non-hydrogen) atoms. The second-order valence-corrected chi connectivity index (χ2v) is 11.0. The number of β-amino-alcohol motifs (C(OH)–C–C–N with tert-alkyl or cyclic N) is 1. The first kappa shape index (κ1) is 23.2. The maximum absolute atomic E-state index is 13.7. The van der Waals surface area contributed by atoms with E-state index in [-0.39, 0.29) is 31.3 Å². The molecular formula is C23H37N5O4. The van der Waals surface area contributed by atoms with E-state index in [1.165, 1.54) is 17.7 Å². The fourth-order valence-electron chi connectivity index (χ4n) is 4.60. The standard InChI is InChI=1S/C23H37N5O4/c1-23(2,3)20(28-13-18(25-26-28)15-7-8-15)22(32)27-12-17(30)10-19(27)21(31)24-11-16(29)9-6-14-4-5-14/h13-17,19-20,29-30H,4-12H2,1-3H3,(H,24,31)/t16?,17?,19?,20-/m1/s1. The molecule has 4 atom stereocenters. The van der Waals surface area contributed by atoms with Gasteiger partial charge in [0.05, 0.1) is 17.9 Å². The molecule has 1 aliphatic heterocycles. The lowest BCUT2D eigenvalue weighted by Gasteiger charge is -2.34. The molecule has 3 fully saturated rings. The molecule has 2 heterocycles. The number of carbonyl (C=O) groups is 2. The van der Waals surface area contributed by atoms with Gasteiger partial charge in [0.1, 0.15) is 12.1 Å². The summed E-state index contributed by atoms with van der Waals surface area (Å²) in [5, 5.41) is 31.8. The second-order valence-electron chi connectivity index (χ2n) is 11.0. The SMILES string of the molecule is CC(C)(C)[C@@H](C(=O)N1CC(O)CC1C(=O)NCC(O)CCC1CC1)n1cc(C2CC2)nn1. The van der Waals surface area contributed by atoms with Gasteiger partial charge in [0, 0.05) is 31.6 Å². The third kappa shape index (κ3) is 5.49. The normalized spacial score (nSPS) is 25.6. The van der Waals surface area contributed by atoms with Crippen molar-refractivity contribution in [2.75, 3.05) is 13.1 Å². The number of hydrogen-bond donors (Lipinski definition) is 3. The Morgan fingerprint density at radius 3 is 2.59 bits per heavy atom. The van der Waals surface area contributed by atoms with Gasteiger partial charge >= 0.3 is 0 Å². The van der Waals surface area contributed by atoms with Crippen LogP contribution in [0.3, 0.4) is 0 Å². The highest BCUT2D eigenvalue weighted by Gasteiger charge is 2.45. The zero-order valence-electron chi connectivity index (χ0n) is 19.4. The molecule has 3 aliphatic rings. The van der Waals surface area contributed by atoms with Gasteiger partial charge in [0.2, 0.25) is 11.8 Å². The van der Waals surface area contributed by atoms with Crippen LogP contribution >= 0.6 is 0 Å². The van der Waals surface area contributed by atoms with E-state index in [9.17, 15) is 19.8 Å². The summed E-state index contributed by atoms with van der Waals surface area (Å²) in [5.74, 6) is 0.587. The van der Waals surface area contributed by atoms with Crippen LogP contribution in [0.25, 0.3) is 0 Å². The molecular weight excluding hydrogens is 410 g/mol. The van der Waals surface area contributed by atoms with Gasteiger partial charge in [0.15, 0.2) is 0 Å². The lowest BCUT2D eigenvalue weighted by molar-refractivity contribution is -0.144. The number of likely N-dealkylation sites (tertiary alicyclic amines) is 1. The Bertz CT molecular complexity index is 827. The van der Waals surface area contributed by atoms with E-state index in [1.54, 1.807) is 4.68 Å². The van der Waals surface area contributed by atoms with Crippen molar-refractivity contribution < 1.29 is 19.8 Å². The molecule has 1 aromatic rings. The maximum atomic E-state index is 13.7. The number of aromatic nitrogens is 3. The van der Waals surface area contributed by atoms with Crippen LogP contribution in [-0.2, 0) is 9.59 Å². The molecule has 3 N–H and O–H groups in total. The third-order valence-corrected chi connectivity index (χ3v) is 6.82. The van der Waals surface area contributed by atoms with Crippen molar-refractivity contribution in [3.05, 3.63) is 11.9 Å². The minimum Gasteiger partial charge on any atom is -0.391 e. The van der Waals surface area contributed by atoms with Gasteiger partial charge in [-0.05, 0) is 37.0 Å². The van der Waals surface area contributed by atoms with Crippen LogP contribution in [0.5, 0.6) is 0 Å². The minimum atomic E-state index is -0.760. The monoisotopic (exact) mass is 447 g/mol. The molecule has 0 aromatic carbocycles. The Kier molecular flexibility index (Phi) is 6.58. The van der Waals surface area contributed by atoms with Crippen LogP contribution in [0.4, 0.5) is 0 Å². The summed E-state index contributed by atoms with van der Waals surface area (Å²) in [6.45, 7) is 6.16. The number of aliphatic hydroxyl groups is 2. The van der Waals surface area contributed by atoms with Crippen molar-refractivity contribution >= 4 is 11.8 Å². The van der Waals surface area contributed by atoms with Crippen LogP contribution < -0.4 is 5.32 Å². The Morgan fingerprint density at radius 1 is 1.25 bits per heavy atom. The summed E-state index contributed by atoms with van der Waals surface area (Å²) < 4.78 is 1.62. The Morgan fingerprint density at radius 2 is 1.97 bits per heavy atom. The first-order valence-electron chi connectivity index (χ1n) is 12.0. The molecule has 0 spiro atoms. The van der Waals surface area contributed by atoms with E-state index < -0.39 is 29.7 Å². The highest BCUT2D eigenvalue weighted by Crippen LogP contribution is 2.40. The number of nitrogens with one attached hydrogen (secondary N) is 1. The van der Waals surface area contributed by atoms with Gasteiger partial charge in [-0.3, -0.25) is 9.59 Å². The van der Waals surface area contributed by atoms with Gasteiger partial charge < -0.3 is 20.4 Å². The number of rotatable bonds is 9. The lowest BCUT2D eigenvalue weighted by Crippen LogP contribution is -2.51. The third-order valence-electron chi connectivity index (χ3n) is 6.82. The number of amides is 2. The smallest absolute Gasteiger partial charge is 0.248 e. The fourth-order valence-corrected chi connectivity index (χ4v) is 4.60. The molecule has 1 aromatic heterocycles. The molecule has 4 rings (SSSR count). The molecule has 0 bridgehead atoms. The Balaban J connectivity index is 1.43. The molecule has 0 radical (unpaired) electrons. The van der Waals surface area contributed by atoms with Gasteiger partial charge in [-0.2, -0.15) is 0 Å². The number of carbonyl (C=O) groups excluding carboxylic acids is 2. The average molecular weight is 448 g/mol. The zero-order valence-corrected chi connectivity index (χ0v) is 19.4. The highest BCUT2D eigenvalue weighted by molar-refractivity contribution is 5.90. The van der Waals surface area contributed by atoms with E-state index in [1.807, 2.05) is 27.0 Å². The summed E-state index contributed by atoms with van der Waals surface area (Å²) in [7, 11) is 0. The van der Waals surface area contributed by atoms with Crippen molar-refractivity contribution in [3.8, 4) is 0 Å². The van der Waals surface area contributed by atoms with Crippen LogP contribution in [0.1, 0.15) is 83.4 Å². The van der Waals surface area contributed by atoms with E-state index in [2.05, 4.69) is 15.6 Å². The van der Waals surface area contributed by atoms with Crippen LogP contribution in [0.15, 0.2) is 6.20 Å². The summed E-state index contributed by atoms with van der Waals surface area (Å²) in [5.41, 5.74) is 0.446. The van der Waals surface area contributed by atoms with Crippen molar-refractivity contribution in [2.45, 2.75) is 95.9 Å². The van der Waals surface area contributed by atoms with E-state index >= 15 is 0 Å². The zero-order chi connectivity index (χ0) is 23.0. The molecule has 1 saturated heterocycles. The van der Waals surface area contributed by atoms with E-state index in [0.29, 0.717) is 12.3 Å². The average Bonchev–Trinajstić information content (AvgIpc) is 3.65. The first-order chi connectivity index (χ1) is 15.1. The summed E-state index contributed by atoms with van der Waals surface area (Å²) >= 11 is 0. The molecule has 9 nitrogen and oxygen atoms in total. The van der Waals surface area contributed by atoms with Crippen LogP contribution in [-0.4, -0.2) is 73.3 Å². The van der Waals surface area contributed by atoms with E-state index in [4.69, 9.17) is 0 Å². The van der Waals surface area contributed by atoms with Gasteiger partial charge in [-0.1, -0.05) is 38.8 Å². The Hall–Kier alpha value is -2.00. The fraction of sp³-hybridized carbons (Fsp3) is 0.826. The molecule has 3 unspecified atom stereocenters. The van der Waals surface area contributed by atoms with Gasteiger partial charge in [-0.25, -0.2) is 4.68 Å². The number of nitrogens with zero attached hydrogens (tertiary/aromatic N) is 4. The molecule has 9 heteroatoms. The minimum absolute atomic E-state index is 0.109. The topological polar surface area (TPSA) is 121 Å². The van der Waals surface area contributed by atoms with Crippen molar-refractivity contribution in [3.63, 3.8) is 0 Å². The molecule has 2 saturated carbocycles. The lowest BCUT2D eigenvalue weighted by atomic mass is 9.85. The number of hydrogen-bond acceptors (Lipinski definition) is 6. The van der Waals surface area contributed by atoms with Gasteiger partial charge in [-0.15, -0.1) is 5.10 Å². The predicted molar refractivity (Wildman–Crippen MR) is 118 cm³/mol. The second kappa shape index (κ2) is 9.09. The predicted octanol–water partition coefficient (Wildman–Crippen LogP) is 1.37. The molecule has 2 aliphatic carbocycles. The first-order valence-corrected chi connectivity index (χ1v) is 12.0. The highest BCUT2D eigenvalue weighted by atomic mass is 16.3. The van der Waals surface area contributed by atoms with Crippen molar-refractivity contribution in [1.29, 1.82) is 0 Å². The molecule has 178 valence electrons.